The van der Waals surface area contributed by atoms with Crippen LogP contribution in [0.4, 0.5) is 0 Å². The molecule has 4 rings (SSSR count). The Balaban J connectivity index is 1.49. The standard InChI is InChI=1S/C21H21Cl3N4O4S3/c1-11-26-27-19(34-11)33-10-20(2)15(18(31)32-9-21(22,23)24)28-16(30)14(17(28)35-20)25-13(29)8-12-6-4-3-5-7-12/h3-7,14-15,17H,8-10H2,1-2H3,(H,25,29)/t14?,15?,17-,20?/m1/s1. The van der Waals surface area contributed by atoms with Crippen LogP contribution in [0.1, 0.15) is 17.5 Å². The number of rotatable bonds is 8. The molecule has 2 aromatic rings. The molecule has 0 bridgehead atoms. The van der Waals surface area contributed by atoms with Crippen LogP contribution >= 0.6 is 69.7 Å². The molecule has 2 saturated heterocycles. The SMILES string of the molecule is Cc1nnc(SCC2(C)S[C@@H]3C(NC(=O)Cc4ccccc4)C(=O)N3C2C(=O)OCC(Cl)(Cl)Cl)s1. The zero-order valence-electron chi connectivity index (χ0n) is 18.6. The quantitative estimate of drug-likeness (QED) is 0.214. The fourth-order valence-corrected chi connectivity index (χ4v) is 7.93. The normalized spacial score (nSPS) is 25.7. The van der Waals surface area contributed by atoms with Gasteiger partial charge in [-0.25, -0.2) is 4.79 Å². The molecule has 2 amide bonds. The molecule has 1 aromatic heterocycles. The lowest BCUT2D eigenvalue weighted by atomic mass is 9.95. The van der Waals surface area contributed by atoms with Crippen LogP contribution in [0.2, 0.25) is 0 Å². The van der Waals surface area contributed by atoms with Gasteiger partial charge in [0.2, 0.25) is 15.6 Å². The van der Waals surface area contributed by atoms with Gasteiger partial charge in [0, 0.05) is 5.75 Å². The average molecular weight is 596 g/mol. The number of aromatic nitrogens is 2. The smallest absolute Gasteiger partial charge is 0.330 e. The second kappa shape index (κ2) is 10.6. The molecule has 1 aromatic carbocycles. The van der Waals surface area contributed by atoms with E-state index in [1.807, 2.05) is 44.2 Å². The van der Waals surface area contributed by atoms with Crippen molar-refractivity contribution >= 4 is 87.4 Å². The van der Waals surface area contributed by atoms with Crippen LogP contribution in [-0.2, 0) is 25.5 Å². The van der Waals surface area contributed by atoms with Gasteiger partial charge in [-0.05, 0) is 19.4 Å². The summed E-state index contributed by atoms with van der Waals surface area (Å²) in [5.41, 5.74) is 0.842. The summed E-state index contributed by atoms with van der Waals surface area (Å²) in [6.07, 6.45) is 0.153. The van der Waals surface area contributed by atoms with Gasteiger partial charge in [-0.2, -0.15) is 0 Å². The number of benzene rings is 1. The predicted octanol–water partition coefficient (Wildman–Crippen LogP) is 3.62. The van der Waals surface area contributed by atoms with Crippen molar-refractivity contribution in [2.75, 3.05) is 12.4 Å². The number of thioether (sulfide) groups is 2. The molecule has 3 heterocycles. The highest BCUT2D eigenvalue weighted by Crippen LogP contribution is 2.53. The second-order valence-electron chi connectivity index (χ2n) is 8.28. The van der Waals surface area contributed by atoms with E-state index in [-0.39, 0.29) is 18.2 Å². The molecular weight excluding hydrogens is 575 g/mol. The van der Waals surface area contributed by atoms with Gasteiger partial charge in [-0.15, -0.1) is 22.0 Å². The Morgan fingerprint density at radius 1 is 1.26 bits per heavy atom. The third-order valence-corrected chi connectivity index (χ3v) is 9.91. The van der Waals surface area contributed by atoms with E-state index in [2.05, 4.69) is 15.5 Å². The molecule has 8 nitrogen and oxygen atoms in total. The highest BCUT2D eigenvalue weighted by molar-refractivity contribution is 8.05. The minimum Gasteiger partial charge on any atom is -0.460 e. The van der Waals surface area contributed by atoms with E-state index >= 15 is 0 Å². The summed E-state index contributed by atoms with van der Waals surface area (Å²) in [7, 11) is 0. The van der Waals surface area contributed by atoms with Crippen LogP contribution < -0.4 is 5.32 Å². The summed E-state index contributed by atoms with van der Waals surface area (Å²) in [6.45, 7) is 3.30. The number of β-lactam (4-membered cyclic amide) rings is 1. The minimum atomic E-state index is -1.77. The summed E-state index contributed by atoms with van der Waals surface area (Å²) in [5, 5.41) is 11.4. The number of carbonyl (C=O) groups is 3. The Kier molecular flexibility index (Phi) is 8.14. The first-order chi connectivity index (χ1) is 16.5. The topological polar surface area (TPSA) is 101 Å². The van der Waals surface area contributed by atoms with E-state index in [4.69, 9.17) is 39.5 Å². The van der Waals surface area contributed by atoms with Crippen molar-refractivity contribution < 1.29 is 19.1 Å². The van der Waals surface area contributed by atoms with Crippen LogP contribution in [-0.4, -0.2) is 71.2 Å². The summed E-state index contributed by atoms with van der Waals surface area (Å²) in [5.74, 6) is -0.826. The number of esters is 1. The number of fused-ring (bicyclic) bond motifs is 1. The molecule has 2 aliphatic heterocycles. The number of hydrogen-bond donors (Lipinski definition) is 1. The molecular formula is C21H21Cl3N4O4S3. The fourth-order valence-electron chi connectivity index (χ4n) is 3.91. The van der Waals surface area contributed by atoms with Gasteiger partial charge in [0.15, 0.2) is 4.34 Å². The maximum absolute atomic E-state index is 13.1. The maximum atomic E-state index is 13.1. The lowest BCUT2D eigenvalue weighted by molar-refractivity contribution is -0.164. The molecule has 0 aliphatic carbocycles. The Morgan fingerprint density at radius 2 is 1.97 bits per heavy atom. The Bertz CT molecular complexity index is 1120. The Morgan fingerprint density at radius 3 is 2.60 bits per heavy atom. The molecule has 0 saturated carbocycles. The van der Waals surface area contributed by atoms with Gasteiger partial charge in [0.1, 0.15) is 29.1 Å². The van der Waals surface area contributed by atoms with Gasteiger partial charge in [-0.1, -0.05) is 88.2 Å². The third-order valence-electron chi connectivity index (χ3n) is 5.44. The van der Waals surface area contributed by atoms with E-state index in [1.165, 1.54) is 39.8 Å². The van der Waals surface area contributed by atoms with Crippen LogP contribution in [0, 0.1) is 6.92 Å². The van der Waals surface area contributed by atoms with Crippen molar-refractivity contribution in [1.29, 1.82) is 0 Å². The molecule has 188 valence electrons. The number of nitrogens with zero attached hydrogens (tertiary/aromatic N) is 3. The number of halogens is 3. The summed E-state index contributed by atoms with van der Waals surface area (Å²) >= 11 is 21.6. The first-order valence-corrected chi connectivity index (χ1v) is 14.3. The van der Waals surface area contributed by atoms with Gasteiger partial charge in [0.05, 0.1) is 11.2 Å². The van der Waals surface area contributed by atoms with Crippen LogP contribution in [0.25, 0.3) is 0 Å². The summed E-state index contributed by atoms with van der Waals surface area (Å²) < 4.78 is 3.51. The van der Waals surface area contributed by atoms with E-state index in [9.17, 15) is 14.4 Å². The molecule has 0 radical (unpaired) electrons. The highest BCUT2D eigenvalue weighted by Gasteiger charge is 2.66. The van der Waals surface area contributed by atoms with Crippen molar-refractivity contribution in [1.82, 2.24) is 20.4 Å². The number of hydrogen-bond acceptors (Lipinski definition) is 9. The van der Waals surface area contributed by atoms with Crippen molar-refractivity contribution in [3.8, 4) is 0 Å². The van der Waals surface area contributed by atoms with Crippen molar-refractivity contribution in [3.63, 3.8) is 0 Å². The fraction of sp³-hybridized carbons (Fsp3) is 0.476. The van der Waals surface area contributed by atoms with Crippen LogP contribution in [0.3, 0.4) is 0 Å². The predicted molar refractivity (Wildman–Crippen MR) is 139 cm³/mol. The van der Waals surface area contributed by atoms with E-state index in [0.717, 1.165) is 14.9 Å². The molecule has 1 N–H and O–H groups in total. The number of ether oxygens (including phenoxy) is 1. The number of aryl methyl sites for hydroxylation is 1. The largest absolute Gasteiger partial charge is 0.460 e. The Labute approximate surface area is 229 Å². The van der Waals surface area contributed by atoms with E-state index in [0.29, 0.717) is 5.75 Å². The molecule has 2 fully saturated rings. The van der Waals surface area contributed by atoms with E-state index in [1.54, 1.807) is 0 Å². The van der Waals surface area contributed by atoms with Crippen molar-refractivity contribution in [2.45, 2.75) is 50.6 Å². The number of carbonyl (C=O) groups excluding carboxylic acids is 3. The van der Waals surface area contributed by atoms with Gasteiger partial charge < -0.3 is 15.0 Å². The second-order valence-corrected chi connectivity index (χ2v) is 14.8. The summed E-state index contributed by atoms with van der Waals surface area (Å²) in [6, 6.07) is 7.60. The minimum absolute atomic E-state index is 0.153. The molecule has 14 heteroatoms. The number of alkyl halides is 3. The Hall–Kier alpha value is -1.24. The number of amides is 2. The summed E-state index contributed by atoms with van der Waals surface area (Å²) in [4.78, 5) is 40.3. The van der Waals surface area contributed by atoms with Gasteiger partial charge >= 0.3 is 5.97 Å². The first kappa shape index (κ1) is 26.8. The van der Waals surface area contributed by atoms with Crippen LogP contribution in [0.15, 0.2) is 34.7 Å². The zero-order chi connectivity index (χ0) is 25.4. The zero-order valence-corrected chi connectivity index (χ0v) is 23.3. The molecule has 2 aliphatic rings. The lowest BCUT2D eigenvalue weighted by Gasteiger charge is -2.44. The van der Waals surface area contributed by atoms with Crippen molar-refractivity contribution in [3.05, 3.63) is 40.9 Å². The van der Waals surface area contributed by atoms with Crippen molar-refractivity contribution in [2.24, 2.45) is 0 Å². The lowest BCUT2D eigenvalue weighted by Crippen LogP contribution is -2.71. The third kappa shape index (κ3) is 6.19. The van der Waals surface area contributed by atoms with Crippen LogP contribution in [0.5, 0.6) is 0 Å². The average Bonchev–Trinajstić information content (AvgIpc) is 3.34. The van der Waals surface area contributed by atoms with E-state index < -0.39 is 38.6 Å². The first-order valence-electron chi connectivity index (χ1n) is 10.5. The molecule has 35 heavy (non-hydrogen) atoms. The van der Waals surface area contributed by atoms with Gasteiger partial charge in [0.25, 0.3) is 0 Å². The maximum Gasteiger partial charge on any atom is 0.330 e. The monoisotopic (exact) mass is 594 g/mol. The molecule has 4 atom stereocenters. The molecule has 3 unspecified atom stereocenters. The highest BCUT2D eigenvalue weighted by atomic mass is 35.6. The molecule has 0 spiro atoms. The van der Waals surface area contributed by atoms with Gasteiger partial charge in [-0.3, -0.25) is 9.59 Å². The number of nitrogens with one attached hydrogen (secondary N) is 1.